The van der Waals surface area contributed by atoms with Crippen LogP contribution in [0.2, 0.25) is 0 Å². The highest BCUT2D eigenvalue weighted by Crippen LogP contribution is 2.34. The fourth-order valence-electron chi connectivity index (χ4n) is 3.70. The molecule has 0 saturated heterocycles. The summed E-state index contributed by atoms with van der Waals surface area (Å²) in [6.45, 7) is 3.88. The lowest BCUT2D eigenvalue weighted by Crippen LogP contribution is -2.32. The summed E-state index contributed by atoms with van der Waals surface area (Å²) < 4.78 is 19.2. The molecule has 34 heavy (non-hydrogen) atoms. The first kappa shape index (κ1) is 23.0. The molecule has 0 aliphatic carbocycles. The summed E-state index contributed by atoms with van der Waals surface area (Å²) in [4.78, 5) is 30.0. The maximum atomic E-state index is 13.6. The number of nitrogens with zero attached hydrogens (tertiary/aromatic N) is 2. The minimum atomic E-state index is -0.482. The van der Waals surface area contributed by atoms with Gasteiger partial charge in [0.2, 0.25) is 0 Å². The molecule has 6 nitrogen and oxygen atoms in total. The van der Waals surface area contributed by atoms with Crippen LogP contribution in [-0.4, -0.2) is 32.0 Å². The van der Waals surface area contributed by atoms with Crippen LogP contribution in [0.1, 0.15) is 19.4 Å². The number of amides is 2. The summed E-state index contributed by atoms with van der Waals surface area (Å²) in [5.74, 6) is -0.682. The van der Waals surface area contributed by atoms with Gasteiger partial charge in [-0.25, -0.2) is 9.29 Å². The highest BCUT2D eigenvalue weighted by atomic mass is 19.1. The maximum absolute atomic E-state index is 13.6. The van der Waals surface area contributed by atoms with Crippen LogP contribution < -0.4 is 19.9 Å². The van der Waals surface area contributed by atoms with Crippen molar-refractivity contribution in [2.45, 2.75) is 20.0 Å². The average Bonchev–Trinajstić information content (AvgIpc) is 3.04. The Morgan fingerprint density at radius 2 is 1.47 bits per heavy atom. The Balaban J connectivity index is 1.72. The van der Waals surface area contributed by atoms with E-state index in [0.717, 1.165) is 10.6 Å². The first-order valence-corrected chi connectivity index (χ1v) is 10.9. The van der Waals surface area contributed by atoms with Crippen LogP contribution in [-0.2, 0) is 9.59 Å². The molecule has 1 aliphatic rings. The van der Waals surface area contributed by atoms with Crippen LogP contribution >= 0.6 is 0 Å². The summed E-state index contributed by atoms with van der Waals surface area (Å²) >= 11 is 0. The number of anilines is 3. The van der Waals surface area contributed by atoms with E-state index in [-0.39, 0.29) is 17.4 Å². The van der Waals surface area contributed by atoms with Gasteiger partial charge in [0.25, 0.3) is 11.8 Å². The van der Waals surface area contributed by atoms with E-state index in [1.807, 2.05) is 45.0 Å². The summed E-state index contributed by atoms with van der Waals surface area (Å²) in [5.41, 5.74) is 2.79. The number of benzene rings is 3. The van der Waals surface area contributed by atoms with Gasteiger partial charge < -0.3 is 15.0 Å². The van der Waals surface area contributed by atoms with Crippen molar-refractivity contribution in [3.63, 3.8) is 0 Å². The summed E-state index contributed by atoms with van der Waals surface area (Å²) in [6, 6.07) is 19.8. The lowest BCUT2D eigenvalue weighted by molar-refractivity contribution is -0.120. The molecule has 174 valence electrons. The highest BCUT2D eigenvalue weighted by molar-refractivity contribution is 6.46. The molecule has 2 amide bonds. The zero-order valence-corrected chi connectivity index (χ0v) is 19.5. The van der Waals surface area contributed by atoms with Crippen LogP contribution in [0.4, 0.5) is 21.5 Å². The Labute approximate surface area is 198 Å². The number of hydrogen-bond acceptors (Lipinski definition) is 5. The van der Waals surface area contributed by atoms with E-state index in [0.29, 0.717) is 22.7 Å². The standard InChI is InChI=1S/C27H26FN3O3/c1-17(2)34-23-15-9-20(10-16-23)29-25-24(18-5-7-19(28)8-6-18)26(32)31(27(25)33)22-13-11-21(12-14-22)30(3)4/h5-17,29H,1-4H3. The number of carbonyl (C=O) groups excluding carboxylic acids is 2. The predicted octanol–water partition coefficient (Wildman–Crippen LogP) is 5.08. The molecule has 3 aromatic carbocycles. The van der Waals surface area contributed by atoms with Gasteiger partial charge in [-0.2, -0.15) is 0 Å². The van der Waals surface area contributed by atoms with Gasteiger partial charge in [0, 0.05) is 25.5 Å². The number of hydrogen-bond donors (Lipinski definition) is 1. The molecule has 3 aromatic rings. The molecule has 0 spiro atoms. The molecule has 0 bridgehead atoms. The topological polar surface area (TPSA) is 61.9 Å². The Morgan fingerprint density at radius 1 is 0.853 bits per heavy atom. The molecular weight excluding hydrogens is 433 g/mol. The fraction of sp³-hybridized carbons (Fsp3) is 0.185. The molecule has 4 rings (SSSR count). The molecule has 0 radical (unpaired) electrons. The Bertz CT molecular complexity index is 1230. The molecule has 0 atom stereocenters. The third kappa shape index (κ3) is 4.64. The number of nitrogens with one attached hydrogen (secondary N) is 1. The molecule has 0 fully saturated rings. The third-order valence-corrected chi connectivity index (χ3v) is 5.34. The van der Waals surface area contributed by atoms with Crippen LogP contribution in [0, 0.1) is 5.82 Å². The van der Waals surface area contributed by atoms with Crippen LogP contribution in [0.3, 0.4) is 0 Å². The van der Waals surface area contributed by atoms with Crippen molar-refractivity contribution < 1.29 is 18.7 Å². The molecule has 1 aliphatic heterocycles. The number of carbonyl (C=O) groups is 2. The Morgan fingerprint density at radius 3 is 2.03 bits per heavy atom. The number of ether oxygens (including phenoxy) is 1. The minimum Gasteiger partial charge on any atom is -0.491 e. The molecular formula is C27H26FN3O3. The van der Waals surface area contributed by atoms with E-state index < -0.39 is 17.6 Å². The smallest absolute Gasteiger partial charge is 0.282 e. The molecule has 1 heterocycles. The van der Waals surface area contributed by atoms with E-state index in [1.165, 1.54) is 24.3 Å². The normalized spacial score (nSPS) is 13.6. The Kier molecular flexibility index (Phi) is 6.36. The van der Waals surface area contributed by atoms with E-state index in [9.17, 15) is 14.0 Å². The lowest BCUT2D eigenvalue weighted by Gasteiger charge is -2.18. The summed E-state index contributed by atoms with van der Waals surface area (Å²) in [6.07, 6.45) is 0.0352. The van der Waals surface area contributed by atoms with E-state index in [1.54, 1.807) is 36.4 Å². The maximum Gasteiger partial charge on any atom is 0.282 e. The first-order valence-electron chi connectivity index (χ1n) is 10.9. The zero-order chi connectivity index (χ0) is 24.4. The van der Waals surface area contributed by atoms with Crippen LogP contribution in [0.25, 0.3) is 5.57 Å². The molecule has 0 unspecified atom stereocenters. The predicted molar refractivity (Wildman–Crippen MR) is 132 cm³/mol. The summed E-state index contributed by atoms with van der Waals surface area (Å²) in [7, 11) is 3.82. The first-order chi connectivity index (χ1) is 16.2. The van der Waals surface area contributed by atoms with Crippen molar-refractivity contribution in [3.05, 3.63) is 89.9 Å². The van der Waals surface area contributed by atoms with Gasteiger partial charge in [-0.05, 0) is 80.1 Å². The van der Waals surface area contributed by atoms with Gasteiger partial charge in [-0.1, -0.05) is 12.1 Å². The quantitative estimate of drug-likeness (QED) is 0.500. The highest BCUT2D eigenvalue weighted by Gasteiger charge is 2.40. The second kappa shape index (κ2) is 9.39. The van der Waals surface area contributed by atoms with Gasteiger partial charge >= 0.3 is 0 Å². The second-order valence-corrected chi connectivity index (χ2v) is 8.43. The third-order valence-electron chi connectivity index (χ3n) is 5.34. The van der Waals surface area contributed by atoms with Gasteiger partial charge in [0.15, 0.2) is 0 Å². The number of imide groups is 1. The van der Waals surface area contributed by atoms with E-state index in [4.69, 9.17) is 4.74 Å². The zero-order valence-electron chi connectivity index (χ0n) is 19.5. The van der Waals surface area contributed by atoms with E-state index in [2.05, 4.69) is 5.32 Å². The molecule has 0 saturated carbocycles. The van der Waals surface area contributed by atoms with Gasteiger partial charge in [0.1, 0.15) is 17.3 Å². The monoisotopic (exact) mass is 459 g/mol. The second-order valence-electron chi connectivity index (χ2n) is 8.43. The largest absolute Gasteiger partial charge is 0.491 e. The SMILES string of the molecule is CC(C)Oc1ccc(NC2=C(c3ccc(F)cc3)C(=O)N(c3ccc(N(C)C)cc3)C2=O)cc1. The molecule has 0 aromatic heterocycles. The van der Waals surface area contributed by atoms with Crippen molar-refractivity contribution >= 4 is 34.4 Å². The lowest BCUT2D eigenvalue weighted by atomic mass is 10.0. The van der Waals surface area contributed by atoms with Gasteiger partial charge in [0.05, 0.1) is 17.4 Å². The Hall–Kier alpha value is -4.13. The van der Waals surface area contributed by atoms with Crippen molar-refractivity contribution in [2.24, 2.45) is 0 Å². The fourth-order valence-corrected chi connectivity index (χ4v) is 3.70. The van der Waals surface area contributed by atoms with E-state index >= 15 is 0 Å². The number of halogens is 1. The van der Waals surface area contributed by atoms with Crippen LogP contribution in [0.5, 0.6) is 5.75 Å². The molecule has 7 heteroatoms. The molecule has 1 N–H and O–H groups in total. The minimum absolute atomic E-state index is 0.0352. The summed E-state index contributed by atoms with van der Waals surface area (Å²) in [5, 5.41) is 3.10. The average molecular weight is 460 g/mol. The van der Waals surface area contributed by atoms with Gasteiger partial charge in [-0.15, -0.1) is 0 Å². The van der Waals surface area contributed by atoms with Crippen molar-refractivity contribution in [2.75, 3.05) is 29.2 Å². The number of rotatable bonds is 7. The van der Waals surface area contributed by atoms with Crippen molar-refractivity contribution in [1.29, 1.82) is 0 Å². The van der Waals surface area contributed by atoms with Crippen molar-refractivity contribution in [3.8, 4) is 5.75 Å². The van der Waals surface area contributed by atoms with Gasteiger partial charge in [-0.3, -0.25) is 9.59 Å². The van der Waals surface area contributed by atoms with Crippen LogP contribution in [0.15, 0.2) is 78.5 Å². The van der Waals surface area contributed by atoms with Crippen molar-refractivity contribution in [1.82, 2.24) is 0 Å².